The van der Waals surface area contributed by atoms with E-state index in [0.717, 1.165) is 19.3 Å². The van der Waals surface area contributed by atoms with Gasteiger partial charge in [-0.3, -0.25) is 18.7 Å². The summed E-state index contributed by atoms with van der Waals surface area (Å²) in [6.45, 7) is 3.52. The molecule has 0 fully saturated rings. The van der Waals surface area contributed by atoms with Crippen LogP contribution in [0.4, 0.5) is 0 Å². The summed E-state index contributed by atoms with van der Waals surface area (Å²) in [5.74, 6) is -0.905. The fourth-order valence-electron chi connectivity index (χ4n) is 2.55. The van der Waals surface area contributed by atoms with Crippen molar-refractivity contribution >= 4 is 22.3 Å². The number of unbranched alkanes of at least 4 members (excludes halogenated alkanes) is 11. The molecule has 0 atom stereocenters. The number of allylic oxidation sites excluding steroid dienone is 2. The van der Waals surface area contributed by atoms with Crippen molar-refractivity contribution in [2.75, 3.05) is 0 Å². The summed E-state index contributed by atoms with van der Waals surface area (Å²) >= 11 is 0. The Balaban J connectivity index is -0.000000429. The fraction of sp³-hybridized carbons (Fsp3) is 0.800. The zero-order chi connectivity index (χ0) is 21.7. The average molecular weight is 447 g/mol. The second-order valence-corrected chi connectivity index (χ2v) is 7.64. The SMILES string of the molecule is CCCCCCCC/C=C\CCCCCCCC(=O)OC(C)=O.O=S(=O)(O)O.[H-].[Na+]. The Morgan fingerprint density at radius 1 is 0.828 bits per heavy atom. The Morgan fingerprint density at radius 2 is 1.21 bits per heavy atom. The van der Waals surface area contributed by atoms with E-state index in [4.69, 9.17) is 17.5 Å². The molecule has 0 amide bonds. The Labute approximate surface area is 200 Å². The minimum Gasteiger partial charge on any atom is -1.00 e. The standard InChI is InChI=1S/C20H36O3.Na.H2O4S.H/c1-3-4-5-6-7-8-9-10-11-12-13-14-15-16-17-18-20(22)23-19(2)21;;1-5(2,3)4;/h10-11H,3-9,12-18H2,1-2H3;;(H2,1,2,3,4);/q;+1;;-1/b11-10-;;;. The number of ether oxygens (including phenoxy) is 1. The summed E-state index contributed by atoms with van der Waals surface area (Å²) in [6.07, 6.45) is 21.0. The van der Waals surface area contributed by atoms with E-state index in [0.29, 0.717) is 6.42 Å². The maximum Gasteiger partial charge on any atom is 1.00 e. The molecule has 0 rings (SSSR count). The van der Waals surface area contributed by atoms with E-state index in [1.165, 1.54) is 71.1 Å². The molecule has 29 heavy (non-hydrogen) atoms. The molecule has 0 radical (unpaired) electrons. The van der Waals surface area contributed by atoms with E-state index < -0.39 is 22.3 Å². The summed E-state index contributed by atoms with van der Waals surface area (Å²) in [5.41, 5.74) is 0. The summed E-state index contributed by atoms with van der Waals surface area (Å²) in [6, 6.07) is 0. The normalized spacial score (nSPS) is 10.8. The van der Waals surface area contributed by atoms with Crippen molar-refractivity contribution in [3.8, 4) is 0 Å². The van der Waals surface area contributed by atoms with Gasteiger partial charge in [0.1, 0.15) is 0 Å². The maximum atomic E-state index is 11.1. The first-order valence-corrected chi connectivity index (χ1v) is 11.6. The number of hydrogen-bond acceptors (Lipinski definition) is 5. The zero-order valence-electron chi connectivity index (χ0n) is 19.4. The summed E-state index contributed by atoms with van der Waals surface area (Å²) in [5, 5.41) is 0. The van der Waals surface area contributed by atoms with Gasteiger partial charge in [0.05, 0.1) is 0 Å². The first kappa shape index (κ1) is 33.4. The first-order valence-electron chi connectivity index (χ1n) is 10.2. The monoisotopic (exact) mass is 446 g/mol. The van der Waals surface area contributed by atoms with Crippen LogP contribution in [-0.4, -0.2) is 29.5 Å². The van der Waals surface area contributed by atoms with Crippen LogP contribution in [0.2, 0.25) is 0 Å². The summed E-state index contributed by atoms with van der Waals surface area (Å²) in [4.78, 5) is 21.7. The van der Waals surface area contributed by atoms with E-state index in [9.17, 15) is 9.59 Å². The molecule has 0 aliphatic heterocycles. The van der Waals surface area contributed by atoms with Gasteiger partial charge in [-0.1, -0.05) is 70.4 Å². The molecule has 9 heteroatoms. The van der Waals surface area contributed by atoms with Crippen molar-refractivity contribution in [3.05, 3.63) is 12.2 Å². The molecule has 2 N–H and O–H groups in total. The third-order valence-electron chi connectivity index (χ3n) is 3.90. The molecule has 0 aliphatic rings. The number of hydrogen-bond donors (Lipinski definition) is 2. The summed E-state index contributed by atoms with van der Waals surface area (Å²) in [7, 11) is -4.67. The van der Waals surface area contributed by atoms with Crippen LogP contribution in [0.5, 0.6) is 0 Å². The Kier molecular flexibility index (Phi) is 27.7. The maximum absolute atomic E-state index is 11.1. The van der Waals surface area contributed by atoms with E-state index in [1.807, 2.05) is 0 Å². The minimum absolute atomic E-state index is 0. The van der Waals surface area contributed by atoms with Gasteiger partial charge in [-0.2, -0.15) is 8.42 Å². The Hall–Kier alpha value is -0.250. The third-order valence-corrected chi connectivity index (χ3v) is 3.90. The number of carbonyl (C=O) groups is 2. The van der Waals surface area contributed by atoms with Gasteiger partial charge in [-0.15, -0.1) is 0 Å². The molecule has 0 spiro atoms. The fourth-order valence-corrected chi connectivity index (χ4v) is 2.55. The molecular weight excluding hydrogens is 407 g/mol. The van der Waals surface area contributed by atoms with Gasteiger partial charge in [-0.05, 0) is 32.1 Å². The average Bonchev–Trinajstić information content (AvgIpc) is 2.56. The van der Waals surface area contributed by atoms with Crippen LogP contribution in [0.3, 0.4) is 0 Å². The van der Waals surface area contributed by atoms with Gasteiger partial charge < -0.3 is 6.16 Å². The molecule has 0 aromatic heterocycles. The molecular formula is C20H39NaO7S. The number of rotatable bonds is 15. The molecule has 7 nitrogen and oxygen atoms in total. The quantitative estimate of drug-likeness (QED) is 0.0991. The van der Waals surface area contributed by atoms with Crippen LogP contribution < -0.4 is 29.6 Å². The van der Waals surface area contributed by atoms with Crippen LogP contribution in [0.1, 0.15) is 105 Å². The summed E-state index contributed by atoms with van der Waals surface area (Å²) < 4.78 is 36.1. The van der Waals surface area contributed by atoms with Gasteiger partial charge in [0.15, 0.2) is 0 Å². The molecule has 0 heterocycles. The van der Waals surface area contributed by atoms with E-state index in [1.54, 1.807) is 0 Å². The van der Waals surface area contributed by atoms with E-state index in [2.05, 4.69) is 23.8 Å². The van der Waals surface area contributed by atoms with E-state index in [-0.39, 0.29) is 31.0 Å². The molecule has 0 aromatic rings. The molecule has 0 unspecified atom stereocenters. The second kappa shape index (κ2) is 24.0. The van der Waals surface area contributed by atoms with E-state index >= 15 is 0 Å². The Morgan fingerprint density at radius 3 is 1.62 bits per heavy atom. The molecule has 0 aromatic carbocycles. The second-order valence-electron chi connectivity index (χ2n) is 6.75. The predicted octanol–water partition coefficient (Wildman–Crippen LogP) is 2.58. The van der Waals surface area contributed by atoms with Gasteiger partial charge >= 0.3 is 51.9 Å². The number of esters is 2. The molecule has 0 bridgehead atoms. The van der Waals surface area contributed by atoms with Crippen molar-refractivity contribution in [2.24, 2.45) is 0 Å². The van der Waals surface area contributed by atoms with Crippen LogP contribution in [0.25, 0.3) is 0 Å². The van der Waals surface area contributed by atoms with Crippen molar-refractivity contribution in [2.45, 2.75) is 104 Å². The van der Waals surface area contributed by atoms with Crippen LogP contribution >= 0.6 is 0 Å². The minimum atomic E-state index is -4.67. The van der Waals surface area contributed by atoms with Gasteiger partial charge in [-0.25, -0.2) is 0 Å². The zero-order valence-corrected chi connectivity index (χ0v) is 21.2. The van der Waals surface area contributed by atoms with Crippen molar-refractivity contribution < 1.29 is 62.8 Å². The van der Waals surface area contributed by atoms with Crippen LogP contribution in [0.15, 0.2) is 12.2 Å². The smallest absolute Gasteiger partial charge is 1.00 e. The molecule has 0 aliphatic carbocycles. The van der Waals surface area contributed by atoms with Crippen molar-refractivity contribution in [1.29, 1.82) is 0 Å². The number of carbonyl (C=O) groups excluding carboxylic acids is 2. The molecule has 0 saturated carbocycles. The topological polar surface area (TPSA) is 118 Å². The van der Waals surface area contributed by atoms with Crippen molar-refractivity contribution in [3.63, 3.8) is 0 Å². The van der Waals surface area contributed by atoms with Crippen LogP contribution in [-0.2, 0) is 24.7 Å². The van der Waals surface area contributed by atoms with Gasteiger partial charge in [0, 0.05) is 13.3 Å². The van der Waals surface area contributed by atoms with Crippen molar-refractivity contribution in [1.82, 2.24) is 0 Å². The third kappa shape index (κ3) is 42.7. The molecule has 0 saturated heterocycles. The Bertz CT molecular complexity index is 517. The predicted molar refractivity (Wildman–Crippen MR) is 112 cm³/mol. The van der Waals surface area contributed by atoms with Gasteiger partial charge in [0.25, 0.3) is 0 Å². The van der Waals surface area contributed by atoms with Crippen LogP contribution in [0, 0.1) is 0 Å². The molecule has 168 valence electrons. The first-order chi connectivity index (χ1) is 13.2. The van der Waals surface area contributed by atoms with Gasteiger partial charge in [0.2, 0.25) is 0 Å². The largest absolute Gasteiger partial charge is 1.00 e.